The Morgan fingerprint density at radius 1 is 1.36 bits per heavy atom. The average Bonchev–Trinajstić information content (AvgIpc) is 3.07. The van der Waals surface area contributed by atoms with E-state index in [-0.39, 0.29) is 12.5 Å². The van der Waals surface area contributed by atoms with Crippen LogP contribution in [0.4, 0.5) is 0 Å². The minimum atomic E-state index is -0.654. The van der Waals surface area contributed by atoms with Crippen molar-refractivity contribution in [3.8, 4) is 11.5 Å². The minimum absolute atomic E-state index is 0.0883. The molecule has 0 aliphatic rings. The number of hydrogen-bond donors (Lipinski definition) is 2. The van der Waals surface area contributed by atoms with Gasteiger partial charge in [-0.05, 0) is 24.6 Å². The lowest BCUT2D eigenvalue weighted by Gasteiger charge is -2.10. The summed E-state index contributed by atoms with van der Waals surface area (Å²) in [4.78, 5) is 11.7. The largest absolute Gasteiger partial charge is 0.497 e. The van der Waals surface area contributed by atoms with Gasteiger partial charge in [0.15, 0.2) is 6.61 Å². The number of aliphatic hydroxyl groups excluding tert-OH is 1. The van der Waals surface area contributed by atoms with E-state index in [0.717, 1.165) is 0 Å². The van der Waals surface area contributed by atoms with E-state index < -0.39 is 6.10 Å². The molecule has 118 valence electrons. The molecule has 0 saturated carbocycles. The molecular weight excluding hydrogens is 286 g/mol. The van der Waals surface area contributed by atoms with Crippen LogP contribution >= 0.6 is 0 Å². The van der Waals surface area contributed by atoms with Crippen molar-refractivity contribution in [2.24, 2.45) is 0 Å². The van der Waals surface area contributed by atoms with E-state index in [2.05, 4.69) is 5.32 Å². The normalized spacial score (nSPS) is 11.7. The van der Waals surface area contributed by atoms with Gasteiger partial charge >= 0.3 is 0 Å². The third-order valence-corrected chi connectivity index (χ3v) is 3.08. The number of nitrogens with one attached hydrogen (secondary N) is 1. The number of rotatable bonds is 8. The van der Waals surface area contributed by atoms with Crippen LogP contribution in [0.2, 0.25) is 0 Å². The van der Waals surface area contributed by atoms with Crippen molar-refractivity contribution in [3.05, 3.63) is 48.4 Å². The van der Waals surface area contributed by atoms with Crippen molar-refractivity contribution in [3.63, 3.8) is 0 Å². The number of amides is 1. The number of methoxy groups -OCH3 is 1. The fourth-order valence-corrected chi connectivity index (χ4v) is 1.87. The maximum Gasteiger partial charge on any atom is 0.257 e. The summed E-state index contributed by atoms with van der Waals surface area (Å²) in [5.41, 5.74) is 0.696. The van der Waals surface area contributed by atoms with Gasteiger partial charge in [-0.15, -0.1) is 0 Å². The molecule has 1 aromatic carbocycles. The second-order valence-electron chi connectivity index (χ2n) is 4.68. The van der Waals surface area contributed by atoms with Crippen molar-refractivity contribution in [1.82, 2.24) is 5.32 Å². The lowest BCUT2D eigenvalue weighted by Crippen LogP contribution is -2.30. The molecule has 0 fully saturated rings. The molecule has 1 amide bonds. The van der Waals surface area contributed by atoms with E-state index in [4.69, 9.17) is 13.9 Å². The summed E-state index contributed by atoms with van der Waals surface area (Å²) in [5, 5.41) is 12.5. The maximum absolute atomic E-state index is 11.7. The van der Waals surface area contributed by atoms with Crippen LogP contribution in [0.1, 0.15) is 18.1 Å². The van der Waals surface area contributed by atoms with Gasteiger partial charge in [0, 0.05) is 18.2 Å². The predicted octanol–water partition coefficient (Wildman–Crippen LogP) is 1.91. The lowest BCUT2D eigenvalue weighted by atomic mass is 10.1. The van der Waals surface area contributed by atoms with Gasteiger partial charge in [-0.2, -0.15) is 0 Å². The molecule has 0 saturated heterocycles. The summed E-state index contributed by atoms with van der Waals surface area (Å²) in [5.74, 6) is 0.983. The van der Waals surface area contributed by atoms with Gasteiger partial charge in [-0.3, -0.25) is 4.79 Å². The van der Waals surface area contributed by atoms with E-state index in [9.17, 15) is 9.90 Å². The number of furan rings is 1. The van der Waals surface area contributed by atoms with Crippen LogP contribution in [-0.2, 0) is 4.79 Å². The molecule has 0 aliphatic carbocycles. The zero-order chi connectivity index (χ0) is 15.8. The summed E-state index contributed by atoms with van der Waals surface area (Å²) in [6, 6.07) is 8.73. The molecule has 1 aromatic heterocycles. The topological polar surface area (TPSA) is 80.9 Å². The monoisotopic (exact) mass is 305 g/mol. The Hall–Kier alpha value is -2.47. The summed E-state index contributed by atoms with van der Waals surface area (Å²) < 4.78 is 15.3. The van der Waals surface area contributed by atoms with Crippen molar-refractivity contribution < 1.29 is 23.8 Å². The number of hydrogen-bond acceptors (Lipinski definition) is 5. The fourth-order valence-electron chi connectivity index (χ4n) is 1.87. The maximum atomic E-state index is 11.7. The average molecular weight is 305 g/mol. The Kier molecular flexibility index (Phi) is 5.85. The van der Waals surface area contributed by atoms with Crippen molar-refractivity contribution in [2.75, 3.05) is 20.3 Å². The summed E-state index contributed by atoms with van der Waals surface area (Å²) in [6.45, 7) is 0.265. The highest BCUT2D eigenvalue weighted by Gasteiger charge is 2.09. The smallest absolute Gasteiger partial charge is 0.257 e. The molecule has 22 heavy (non-hydrogen) atoms. The van der Waals surface area contributed by atoms with E-state index >= 15 is 0 Å². The Morgan fingerprint density at radius 2 is 2.18 bits per heavy atom. The summed E-state index contributed by atoms with van der Waals surface area (Å²) in [6.07, 6.45) is 2.74. The Morgan fingerprint density at radius 3 is 2.91 bits per heavy atom. The predicted molar refractivity (Wildman–Crippen MR) is 79.8 cm³/mol. The lowest BCUT2D eigenvalue weighted by molar-refractivity contribution is -0.123. The van der Waals surface area contributed by atoms with Gasteiger partial charge in [0.25, 0.3) is 5.91 Å². The SMILES string of the molecule is COc1cccc(OCC(=O)NCCC(O)c2ccoc2)c1. The molecule has 0 aliphatic heterocycles. The van der Waals surface area contributed by atoms with Gasteiger partial charge in [-0.25, -0.2) is 0 Å². The highest BCUT2D eigenvalue weighted by atomic mass is 16.5. The Labute approximate surface area is 128 Å². The van der Waals surface area contributed by atoms with Crippen LogP contribution in [0, 0.1) is 0 Å². The van der Waals surface area contributed by atoms with Gasteiger partial charge in [0.1, 0.15) is 11.5 Å². The molecule has 1 unspecified atom stereocenters. The molecule has 0 spiro atoms. The van der Waals surface area contributed by atoms with Crippen LogP contribution in [0.15, 0.2) is 47.3 Å². The van der Waals surface area contributed by atoms with E-state index in [0.29, 0.717) is 30.0 Å². The standard InChI is InChI=1S/C16H19NO5/c1-20-13-3-2-4-14(9-13)22-11-16(19)17-7-5-15(18)12-6-8-21-10-12/h2-4,6,8-10,15,18H,5,7,11H2,1H3,(H,17,19). The molecule has 0 bridgehead atoms. The molecule has 6 heteroatoms. The molecule has 2 N–H and O–H groups in total. The van der Waals surface area contributed by atoms with E-state index in [1.165, 1.54) is 12.5 Å². The van der Waals surface area contributed by atoms with Crippen molar-refractivity contribution in [2.45, 2.75) is 12.5 Å². The highest BCUT2D eigenvalue weighted by molar-refractivity contribution is 5.77. The number of carbonyl (C=O) groups is 1. The van der Waals surface area contributed by atoms with Crippen LogP contribution in [0.5, 0.6) is 11.5 Å². The summed E-state index contributed by atoms with van der Waals surface area (Å²) >= 11 is 0. The molecular formula is C16H19NO5. The third-order valence-electron chi connectivity index (χ3n) is 3.08. The number of carbonyl (C=O) groups excluding carboxylic acids is 1. The number of benzene rings is 1. The molecule has 2 aromatic rings. The zero-order valence-electron chi connectivity index (χ0n) is 12.3. The zero-order valence-corrected chi connectivity index (χ0v) is 12.3. The fraction of sp³-hybridized carbons (Fsp3) is 0.312. The molecule has 0 radical (unpaired) electrons. The third kappa shape index (κ3) is 4.82. The highest BCUT2D eigenvalue weighted by Crippen LogP contribution is 2.18. The van der Waals surface area contributed by atoms with Crippen LogP contribution in [0.25, 0.3) is 0 Å². The Bertz CT molecular complexity index is 582. The van der Waals surface area contributed by atoms with Gasteiger partial charge < -0.3 is 24.3 Å². The molecule has 2 rings (SSSR count). The van der Waals surface area contributed by atoms with Gasteiger partial charge in [-0.1, -0.05) is 6.07 Å². The van der Waals surface area contributed by atoms with E-state index in [1.54, 1.807) is 37.4 Å². The summed E-state index contributed by atoms with van der Waals surface area (Å²) in [7, 11) is 1.57. The quantitative estimate of drug-likeness (QED) is 0.778. The minimum Gasteiger partial charge on any atom is -0.497 e. The number of aliphatic hydroxyl groups is 1. The first kappa shape index (κ1) is 15.9. The van der Waals surface area contributed by atoms with Crippen LogP contribution in [-0.4, -0.2) is 31.3 Å². The molecule has 1 atom stereocenters. The first-order valence-corrected chi connectivity index (χ1v) is 6.92. The van der Waals surface area contributed by atoms with E-state index in [1.807, 2.05) is 0 Å². The second-order valence-corrected chi connectivity index (χ2v) is 4.68. The van der Waals surface area contributed by atoms with Gasteiger partial charge in [0.05, 0.1) is 25.7 Å². The van der Waals surface area contributed by atoms with Crippen LogP contribution in [0.3, 0.4) is 0 Å². The van der Waals surface area contributed by atoms with Crippen molar-refractivity contribution in [1.29, 1.82) is 0 Å². The number of ether oxygens (including phenoxy) is 2. The van der Waals surface area contributed by atoms with Crippen LogP contribution < -0.4 is 14.8 Å². The first-order chi connectivity index (χ1) is 10.7. The molecule has 6 nitrogen and oxygen atoms in total. The van der Waals surface area contributed by atoms with Gasteiger partial charge in [0.2, 0.25) is 0 Å². The molecule has 1 heterocycles. The Balaban J connectivity index is 1.67. The first-order valence-electron chi connectivity index (χ1n) is 6.92. The second kappa shape index (κ2) is 8.09. The van der Waals surface area contributed by atoms with Crippen molar-refractivity contribution >= 4 is 5.91 Å².